The molecule has 30 heavy (non-hydrogen) atoms. The largest absolute Gasteiger partial charge is 0.383 e. The molecule has 0 spiro atoms. The first-order chi connectivity index (χ1) is 14.3. The number of nitrogens with two attached hydrogens (primary N) is 1. The minimum absolute atomic E-state index is 0.128. The van der Waals surface area contributed by atoms with Crippen molar-refractivity contribution in [2.75, 3.05) is 16.1 Å². The average molecular weight is 409 g/mol. The van der Waals surface area contributed by atoms with Crippen molar-refractivity contribution in [2.24, 2.45) is 11.0 Å². The number of nitrogens with zero attached hydrogens (tertiary/aromatic N) is 4. The molecule has 0 atom stereocenters. The molecule has 7 heteroatoms. The highest BCUT2D eigenvalue weighted by Gasteiger charge is 2.26. The Labute approximate surface area is 178 Å². The van der Waals surface area contributed by atoms with Crippen molar-refractivity contribution in [3.8, 4) is 0 Å². The average Bonchev–Trinajstić information content (AvgIpc) is 2.72. The Morgan fingerprint density at radius 2 is 1.87 bits per heavy atom. The number of nitrogens with one attached hydrogen (secondary N) is 1. The summed E-state index contributed by atoms with van der Waals surface area (Å²) in [6.07, 6.45) is 7.50. The Balaban J connectivity index is 1.75. The van der Waals surface area contributed by atoms with E-state index in [-0.39, 0.29) is 17.4 Å². The number of hydrogen-bond donors (Lipinski definition) is 2. The van der Waals surface area contributed by atoms with Gasteiger partial charge in [-0.05, 0) is 51.3 Å². The molecule has 1 heterocycles. The molecule has 1 aliphatic rings. The topological polar surface area (TPSA) is 96.5 Å². The molecule has 160 valence electrons. The number of aromatic nitrogens is 2. The van der Waals surface area contributed by atoms with Crippen molar-refractivity contribution in [1.29, 1.82) is 0 Å². The normalized spacial score (nSPS) is 14.9. The Kier molecular flexibility index (Phi) is 6.70. The van der Waals surface area contributed by atoms with Gasteiger partial charge in [0.15, 0.2) is 5.82 Å². The molecule has 0 bridgehead atoms. The number of amides is 1. The van der Waals surface area contributed by atoms with Crippen LogP contribution in [0.25, 0.3) is 0 Å². The number of carbonyl (C=O) groups is 1. The highest BCUT2D eigenvalue weighted by molar-refractivity contribution is 5.92. The predicted molar refractivity (Wildman–Crippen MR) is 123 cm³/mol. The number of benzene rings is 1. The number of anilines is 3. The first-order valence-corrected chi connectivity index (χ1v) is 10.6. The maximum atomic E-state index is 12.5. The van der Waals surface area contributed by atoms with E-state index in [9.17, 15) is 4.79 Å². The highest BCUT2D eigenvalue weighted by atomic mass is 16.1. The zero-order valence-corrected chi connectivity index (χ0v) is 18.2. The molecule has 0 unspecified atom stereocenters. The molecule has 1 amide bonds. The van der Waals surface area contributed by atoms with Crippen LogP contribution in [-0.4, -0.2) is 28.1 Å². The molecule has 1 saturated carbocycles. The molecule has 0 saturated heterocycles. The van der Waals surface area contributed by atoms with E-state index >= 15 is 0 Å². The SMILES string of the molecule is C=NN(c1ncnc(N)c1Cc1ccc(NC(=O)C2CCCCC2)cc1)C(C)(C)C. The van der Waals surface area contributed by atoms with Crippen molar-refractivity contribution in [2.45, 2.75) is 64.8 Å². The van der Waals surface area contributed by atoms with E-state index < -0.39 is 0 Å². The van der Waals surface area contributed by atoms with E-state index in [2.05, 4.69) is 27.1 Å². The second-order valence-corrected chi connectivity index (χ2v) is 8.88. The van der Waals surface area contributed by atoms with Gasteiger partial charge in [-0.1, -0.05) is 31.4 Å². The second kappa shape index (κ2) is 9.24. The zero-order valence-electron chi connectivity index (χ0n) is 18.2. The van der Waals surface area contributed by atoms with Gasteiger partial charge in [0.2, 0.25) is 5.91 Å². The third kappa shape index (κ3) is 5.14. The summed E-state index contributed by atoms with van der Waals surface area (Å²) in [5.74, 6) is 1.34. The van der Waals surface area contributed by atoms with Crippen LogP contribution in [0, 0.1) is 5.92 Å². The number of rotatable bonds is 6. The first kappa shape index (κ1) is 21.7. The zero-order chi connectivity index (χ0) is 21.7. The lowest BCUT2D eigenvalue weighted by atomic mass is 9.88. The lowest BCUT2D eigenvalue weighted by Gasteiger charge is -2.33. The standard InChI is InChI=1S/C23H32N6O/c1-23(2,3)29(25-4)21-19(20(24)26-15-27-21)14-16-10-12-18(13-11-16)28-22(30)17-8-6-5-7-9-17/h10-13,15,17H,4-9,14H2,1-3H3,(H,28,30)(H2,24,26,27). The van der Waals surface area contributed by atoms with Crippen molar-refractivity contribution >= 4 is 29.9 Å². The third-order valence-electron chi connectivity index (χ3n) is 5.51. The molecule has 3 N–H and O–H groups in total. The van der Waals surface area contributed by atoms with Crippen LogP contribution in [0.15, 0.2) is 35.7 Å². The van der Waals surface area contributed by atoms with Crippen molar-refractivity contribution in [3.05, 3.63) is 41.7 Å². The molecule has 7 nitrogen and oxygen atoms in total. The van der Waals surface area contributed by atoms with Crippen LogP contribution in [0.1, 0.15) is 64.0 Å². The van der Waals surface area contributed by atoms with Gasteiger partial charge in [0.1, 0.15) is 12.1 Å². The summed E-state index contributed by atoms with van der Waals surface area (Å²) in [6, 6.07) is 7.86. The van der Waals surface area contributed by atoms with Gasteiger partial charge >= 0.3 is 0 Å². The van der Waals surface area contributed by atoms with Gasteiger partial charge in [0.05, 0.1) is 5.54 Å². The molecular formula is C23H32N6O. The van der Waals surface area contributed by atoms with Gasteiger partial charge in [0.25, 0.3) is 0 Å². The summed E-state index contributed by atoms with van der Waals surface area (Å²) >= 11 is 0. The van der Waals surface area contributed by atoms with Gasteiger partial charge in [-0.25, -0.2) is 15.0 Å². The lowest BCUT2D eigenvalue weighted by Crippen LogP contribution is -2.38. The van der Waals surface area contributed by atoms with Crippen LogP contribution < -0.4 is 16.1 Å². The summed E-state index contributed by atoms with van der Waals surface area (Å²) < 4.78 is 0. The van der Waals surface area contributed by atoms with E-state index in [0.29, 0.717) is 18.1 Å². The molecule has 0 aliphatic heterocycles. The van der Waals surface area contributed by atoms with Gasteiger partial charge in [0, 0.05) is 30.3 Å². The maximum absolute atomic E-state index is 12.5. The van der Waals surface area contributed by atoms with E-state index in [0.717, 1.165) is 42.5 Å². The molecule has 1 aliphatic carbocycles. The minimum atomic E-state index is -0.301. The van der Waals surface area contributed by atoms with Gasteiger partial charge in [-0.3, -0.25) is 4.79 Å². The Bertz CT molecular complexity index is 882. The Morgan fingerprint density at radius 1 is 1.20 bits per heavy atom. The number of carbonyl (C=O) groups excluding carboxylic acids is 1. The van der Waals surface area contributed by atoms with E-state index in [4.69, 9.17) is 5.73 Å². The van der Waals surface area contributed by atoms with Crippen LogP contribution in [0.5, 0.6) is 0 Å². The maximum Gasteiger partial charge on any atom is 0.227 e. The molecule has 3 rings (SSSR count). The fourth-order valence-electron chi connectivity index (χ4n) is 3.88. The minimum Gasteiger partial charge on any atom is -0.383 e. The second-order valence-electron chi connectivity index (χ2n) is 8.88. The van der Waals surface area contributed by atoms with E-state index in [1.54, 1.807) is 5.01 Å². The van der Waals surface area contributed by atoms with Crippen molar-refractivity contribution in [3.63, 3.8) is 0 Å². The smallest absolute Gasteiger partial charge is 0.227 e. The number of hydrazone groups is 1. The van der Waals surface area contributed by atoms with Gasteiger partial charge in [-0.15, -0.1) is 0 Å². The summed E-state index contributed by atoms with van der Waals surface area (Å²) in [5.41, 5.74) is 8.55. The van der Waals surface area contributed by atoms with Crippen LogP contribution >= 0.6 is 0 Å². The lowest BCUT2D eigenvalue weighted by molar-refractivity contribution is -0.120. The van der Waals surface area contributed by atoms with Crippen molar-refractivity contribution in [1.82, 2.24) is 9.97 Å². The Morgan fingerprint density at radius 3 is 2.47 bits per heavy atom. The highest BCUT2D eigenvalue weighted by Crippen LogP contribution is 2.30. The quantitative estimate of drug-likeness (QED) is 0.546. The molecule has 1 aromatic heterocycles. The third-order valence-corrected chi connectivity index (χ3v) is 5.51. The van der Waals surface area contributed by atoms with E-state index in [1.165, 1.54) is 12.7 Å². The van der Waals surface area contributed by atoms with Gasteiger partial charge < -0.3 is 11.1 Å². The van der Waals surface area contributed by atoms with Gasteiger partial charge in [-0.2, -0.15) is 5.10 Å². The van der Waals surface area contributed by atoms with Crippen LogP contribution in [0.4, 0.5) is 17.3 Å². The Hall–Kier alpha value is -2.96. The molecule has 2 aromatic rings. The van der Waals surface area contributed by atoms with Crippen LogP contribution in [0.3, 0.4) is 0 Å². The molecule has 0 radical (unpaired) electrons. The first-order valence-electron chi connectivity index (χ1n) is 10.6. The van der Waals surface area contributed by atoms with Crippen molar-refractivity contribution < 1.29 is 4.79 Å². The number of hydrogen-bond acceptors (Lipinski definition) is 6. The molecule has 1 aromatic carbocycles. The summed E-state index contributed by atoms with van der Waals surface area (Å²) in [5, 5.41) is 8.97. The molecular weight excluding hydrogens is 376 g/mol. The summed E-state index contributed by atoms with van der Waals surface area (Å²) in [7, 11) is 0. The monoisotopic (exact) mass is 408 g/mol. The fourth-order valence-corrected chi connectivity index (χ4v) is 3.88. The number of nitrogen functional groups attached to an aromatic ring is 1. The van der Waals surface area contributed by atoms with Crippen LogP contribution in [-0.2, 0) is 11.2 Å². The summed E-state index contributed by atoms with van der Waals surface area (Å²) in [4.78, 5) is 21.1. The summed E-state index contributed by atoms with van der Waals surface area (Å²) in [6.45, 7) is 9.80. The van der Waals surface area contributed by atoms with E-state index in [1.807, 2.05) is 45.0 Å². The fraction of sp³-hybridized carbons (Fsp3) is 0.478. The predicted octanol–water partition coefficient (Wildman–Crippen LogP) is 4.39. The molecule has 1 fully saturated rings. The van der Waals surface area contributed by atoms with Crippen LogP contribution in [0.2, 0.25) is 0 Å².